The third-order valence-corrected chi connectivity index (χ3v) is 7.12. The number of methoxy groups -OCH3 is 1. The summed E-state index contributed by atoms with van der Waals surface area (Å²) in [7, 11) is 1.54. The molecular formula is C23H39F4N5O2. The smallest absolute Gasteiger partial charge is 0.378 e. The van der Waals surface area contributed by atoms with Gasteiger partial charge < -0.3 is 10.1 Å². The van der Waals surface area contributed by atoms with Gasteiger partial charge in [-0.3, -0.25) is 15.5 Å². The summed E-state index contributed by atoms with van der Waals surface area (Å²) in [6.45, 7) is 5.80. The number of hydrogen-bond donors (Lipinski definition) is 4. The van der Waals surface area contributed by atoms with Crippen LogP contribution < -0.4 is 21.5 Å². The molecule has 5 unspecified atom stereocenters. The summed E-state index contributed by atoms with van der Waals surface area (Å²) in [5.74, 6) is -1.65. The molecule has 0 aromatic heterocycles. The maximum Gasteiger partial charge on any atom is 0.391 e. The lowest BCUT2D eigenvalue weighted by Crippen LogP contribution is -2.52. The van der Waals surface area contributed by atoms with Gasteiger partial charge in [0.1, 0.15) is 12.3 Å². The van der Waals surface area contributed by atoms with Crippen molar-refractivity contribution in [2.45, 2.75) is 108 Å². The lowest BCUT2D eigenvalue weighted by Gasteiger charge is -2.33. The van der Waals surface area contributed by atoms with E-state index in [9.17, 15) is 22.4 Å². The molecule has 0 aromatic rings. The van der Waals surface area contributed by atoms with Crippen LogP contribution >= 0.6 is 0 Å². The van der Waals surface area contributed by atoms with Gasteiger partial charge in [0.25, 0.3) is 0 Å². The second-order valence-electron chi connectivity index (χ2n) is 10.9. The van der Waals surface area contributed by atoms with Crippen LogP contribution in [0.5, 0.6) is 0 Å². The fourth-order valence-electron chi connectivity index (χ4n) is 5.21. The minimum atomic E-state index is -4.20. The predicted octanol–water partition coefficient (Wildman–Crippen LogP) is 3.56. The van der Waals surface area contributed by atoms with E-state index in [4.69, 9.17) is 4.74 Å². The highest BCUT2D eigenvalue weighted by Gasteiger charge is 2.43. The van der Waals surface area contributed by atoms with Crippen molar-refractivity contribution >= 4 is 11.9 Å². The standard InChI is InChI=1S/C23H39F4N5O2/c1-22(2,3)30-21(29-20(33)13-5-8-15(9-6-13)23(25,26)27)28-19-12-17(31-32-19)14-7-10-18(34-4)16(24)11-14/h13-19,31-32H,5-12H2,1-4H3,(H2,28,29,30,33). The Hall–Kier alpha value is -1.46. The summed E-state index contributed by atoms with van der Waals surface area (Å²) >= 11 is 0. The maximum absolute atomic E-state index is 14.3. The zero-order valence-electron chi connectivity index (χ0n) is 20.5. The first-order chi connectivity index (χ1) is 15.9. The largest absolute Gasteiger partial charge is 0.391 e. The molecule has 4 N–H and O–H groups in total. The summed E-state index contributed by atoms with van der Waals surface area (Å²) in [6.07, 6.45) is -2.90. The van der Waals surface area contributed by atoms with Crippen LogP contribution in [0.4, 0.5) is 17.6 Å². The molecule has 1 aliphatic heterocycles. The summed E-state index contributed by atoms with van der Waals surface area (Å²) < 4.78 is 58.4. The SMILES string of the molecule is COC1CCC(C2CC(/N=C(/NC(=O)C3CCC(C(F)(F)F)CC3)NC(C)(C)C)NN2)CC1F. The number of hydrogen-bond acceptors (Lipinski definition) is 5. The Balaban J connectivity index is 1.58. The minimum absolute atomic E-state index is 0.0303. The number of aliphatic imine (C=N–C) groups is 1. The van der Waals surface area contributed by atoms with Crippen molar-refractivity contribution in [1.82, 2.24) is 21.5 Å². The van der Waals surface area contributed by atoms with Crippen molar-refractivity contribution in [3.8, 4) is 0 Å². The second kappa shape index (κ2) is 11.1. The first kappa shape index (κ1) is 27.1. The number of amides is 1. The molecule has 0 radical (unpaired) electrons. The van der Waals surface area contributed by atoms with Crippen LogP contribution in [0.25, 0.3) is 0 Å². The molecule has 1 amide bonds. The van der Waals surface area contributed by atoms with Crippen LogP contribution in [0.1, 0.15) is 72.1 Å². The zero-order valence-corrected chi connectivity index (χ0v) is 20.5. The van der Waals surface area contributed by atoms with Crippen LogP contribution in [0, 0.1) is 17.8 Å². The molecule has 3 rings (SSSR count). The van der Waals surface area contributed by atoms with Crippen molar-refractivity contribution < 1.29 is 27.1 Å². The molecule has 0 bridgehead atoms. The Morgan fingerprint density at radius 1 is 1.00 bits per heavy atom. The number of halogens is 4. The van der Waals surface area contributed by atoms with Gasteiger partial charge in [-0.25, -0.2) is 14.8 Å². The number of ether oxygens (including phenoxy) is 1. The topological polar surface area (TPSA) is 86.8 Å². The number of nitrogens with zero attached hydrogens (tertiary/aromatic N) is 1. The molecule has 2 saturated carbocycles. The lowest BCUT2D eigenvalue weighted by atomic mass is 9.81. The van der Waals surface area contributed by atoms with E-state index in [1.54, 1.807) is 0 Å². The lowest BCUT2D eigenvalue weighted by molar-refractivity contribution is -0.184. The Morgan fingerprint density at radius 2 is 1.68 bits per heavy atom. The number of alkyl halides is 4. The second-order valence-corrected chi connectivity index (χ2v) is 10.9. The third kappa shape index (κ3) is 7.52. The van der Waals surface area contributed by atoms with E-state index in [1.165, 1.54) is 7.11 Å². The molecule has 2 aliphatic carbocycles. The van der Waals surface area contributed by atoms with E-state index in [1.807, 2.05) is 20.8 Å². The van der Waals surface area contributed by atoms with Crippen molar-refractivity contribution in [2.75, 3.05) is 7.11 Å². The summed E-state index contributed by atoms with van der Waals surface area (Å²) in [6, 6.07) is 0.0500. The van der Waals surface area contributed by atoms with Gasteiger partial charge >= 0.3 is 6.18 Å². The van der Waals surface area contributed by atoms with E-state index >= 15 is 0 Å². The van der Waals surface area contributed by atoms with Crippen molar-refractivity contribution in [3.63, 3.8) is 0 Å². The molecule has 1 heterocycles. The molecule has 7 nitrogen and oxygen atoms in total. The Bertz CT molecular complexity index is 719. The average molecular weight is 494 g/mol. The van der Waals surface area contributed by atoms with E-state index < -0.39 is 24.2 Å². The first-order valence-electron chi connectivity index (χ1n) is 12.3. The Morgan fingerprint density at radius 3 is 2.24 bits per heavy atom. The predicted molar refractivity (Wildman–Crippen MR) is 121 cm³/mol. The van der Waals surface area contributed by atoms with Crippen LogP contribution in [0.3, 0.4) is 0 Å². The van der Waals surface area contributed by atoms with Crippen LogP contribution in [-0.4, -0.2) is 55.2 Å². The van der Waals surface area contributed by atoms with Crippen LogP contribution in [-0.2, 0) is 9.53 Å². The highest BCUT2D eigenvalue weighted by atomic mass is 19.4. The molecular weight excluding hydrogens is 454 g/mol. The molecule has 196 valence electrons. The monoisotopic (exact) mass is 493 g/mol. The minimum Gasteiger partial charge on any atom is -0.378 e. The van der Waals surface area contributed by atoms with Gasteiger partial charge in [-0.2, -0.15) is 13.2 Å². The fraction of sp³-hybridized carbons (Fsp3) is 0.913. The van der Waals surface area contributed by atoms with E-state index in [0.29, 0.717) is 25.2 Å². The van der Waals surface area contributed by atoms with Gasteiger partial charge in [-0.05, 0) is 71.6 Å². The average Bonchev–Trinajstić information content (AvgIpc) is 3.20. The summed E-state index contributed by atoms with van der Waals surface area (Å²) in [5.41, 5.74) is 5.97. The van der Waals surface area contributed by atoms with Gasteiger partial charge in [0.15, 0.2) is 5.96 Å². The zero-order chi connectivity index (χ0) is 25.1. The molecule has 1 saturated heterocycles. The number of guanidine groups is 1. The van der Waals surface area contributed by atoms with Gasteiger partial charge in [-0.1, -0.05) is 0 Å². The van der Waals surface area contributed by atoms with Gasteiger partial charge in [-0.15, -0.1) is 0 Å². The summed E-state index contributed by atoms with van der Waals surface area (Å²) in [4.78, 5) is 17.5. The molecule has 11 heteroatoms. The highest BCUT2D eigenvalue weighted by molar-refractivity contribution is 5.98. The van der Waals surface area contributed by atoms with Crippen LogP contribution in [0.2, 0.25) is 0 Å². The number of rotatable bonds is 4. The van der Waals surface area contributed by atoms with Crippen molar-refractivity contribution in [2.24, 2.45) is 22.7 Å². The fourth-order valence-corrected chi connectivity index (χ4v) is 5.21. The molecule has 5 atom stereocenters. The number of hydrazine groups is 1. The van der Waals surface area contributed by atoms with E-state index in [-0.39, 0.29) is 61.4 Å². The third-order valence-electron chi connectivity index (χ3n) is 7.12. The van der Waals surface area contributed by atoms with Gasteiger partial charge in [0.2, 0.25) is 5.91 Å². The molecule has 0 spiro atoms. The van der Waals surface area contributed by atoms with Gasteiger partial charge in [0.05, 0.1) is 12.0 Å². The molecule has 0 aromatic carbocycles. The number of carbonyl (C=O) groups excluding carboxylic acids is 1. The Labute approximate surface area is 199 Å². The van der Waals surface area contributed by atoms with E-state index in [2.05, 4.69) is 26.5 Å². The van der Waals surface area contributed by atoms with Crippen LogP contribution in [0.15, 0.2) is 4.99 Å². The number of nitrogens with one attached hydrogen (secondary N) is 4. The highest BCUT2D eigenvalue weighted by Crippen LogP contribution is 2.39. The van der Waals surface area contributed by atoms with E-state index in [0.717, 1.165) is 6.42 Å². The molecule has 3 fully saturated rings. The first-order valence-corrected chi connectivity index (χ1v) is 12.3. The van der Waals surface area contributed by atoms with Crippen molar-refractivity contribution in [1.29, 1.82) is 0 Å². The normalized spacial score (nSPS) is 35.8. The molecule has 34 heavy (non-hydrogen) atoms. The van der Waals surface area contributed by atoms with Crippen molar-refractivity contribution in [3.05, 3.63) is 0 Å². The quantitative estimate of drug-likeness (QED) is 0.273. The Kier molecular flexibility index (Phi) is 8.84. The number of carbonyl (C=O) groups is 1. The molecule has 3 aliphatic rings. The van der Waals surface area contributed by atoms with Gasteiger partial charge in [0, 0.05) is 31.0 Å². The summed E-state index contributed by atoms with van der Waals surface area (Å²) in [5, 5.41) is 6.01. The maximum atomic E-state index is 14.3.